The van der Waals surface area contributed by atoms with Gasteiger partial charge in [-0.15, -0.1) is 0 Å². The van der Waals surface area contributed by atoms with Gasteiger partial charge < -0.3 is 14.8 Å². The fourth-order valence-corrected chi connectivity index (χ4v) is 3.58. The monoisotopic (exact) mass is 408 g/mol. The summed E-state index contributed by atoms with van der Waals surface area (Å²) in [6.07, 6.45) is 1.64. The first-order chi connectivity index (χ1) is 13.0. The predicted molar refractivity (Wildman–Crippen MR) is 108 cm³/mol. The molecule has 0 bridgehead atoms. The number of aryl methyl sites for hydroxylation is 1. The summed E-state index contributed by atoms with van der Waals surface area (Å²) >= 11 is 13.0. The van der Waals surface area contributed by atoms with Gasteiger partial charge in [-0.05, 0) is 13.0 Å². The number of nitrogens with zero attached hydrogens (tertiary/aromatic N) is 3. The lowest BCUT2D eigenvalue weighted by Gasteiger charge is -2.16. The number of fused-ring (bicyclic) bond motifs is 1. The minimum Gasteiger partial charge on any atom is -0.495 e. The van der Waals surface area contributed by atoms with Gasteiger partial charge in [0.05, 0.1) is 29.8 Å². The topological polar surface area (TPSA) is 78.3 Å². The van der Waals surface area contributed by atoms with E-state index in [1.54, 1.807) is 29.9 Å². The molecule has 0 saturated carbocycles. The van der Waals surface area contributed by atoms with Crippen molar-refractivity contribution in [2.75, 3.05) is 26.6 Å². The van der Waals surface area contributed by atoms with Crippen molar-refractivity contribution in [1.82, 2.24) is 14.5 Å². The summed E-state index contributed by atoms with van der Waals surface area (Å²) in [5, 5.41) is 4.01. The van der Waals surface area contributed by atoms with Crippen LogP contribution in [0.15, 0.2) is 23.1 Å². The number of halogens is 2. The van der Waals surface area contributed by atoms with Gasteiger partial charge in [0.1, 0.15) is 17.1 Å². The van der Waals surface area contributed by atoms with Crippen LogP contribution in [0.5, 0.6) is 11.5 Å². The molecule has 0 amide bonds. The Hall–Kier alpha value is -2.51. The first-order valence-electron chi connectivity index (χ1n) is 8.15. The largest absolute Gasteiger partial charge is 0.495 e. The Bertz CT molecular complexity index is 1050. The normalized spacial score (nSPS) is 10.9. The molecule has 0 unspecified atom stereocenters. The van der Waals surface area contributed by atoms with Crippen LogP contribution in [0.2, 0.25) is 10.0 Å². The SMILES string of the molecule is CCn1c(=O)c(-c2c(Cl)c(OC)cc(OC)c2Cl)cc2cnc(NC)nc21. The molecule has 2 aromatic heterocycles. The fraction of sp³-hybridized carbons (Fsp3) is 0.278. The molecule has 0 aliphatic rings. The van der Waals surface area contributed by atoms with E-state index in [2.05, 4.69) is 15.3 Å². The van der Waals surface area contributed by atoms with Gasteiger partial charge in [-0.2, -0.15) is 4.98 Å². The van der Waals surface area contributed by atoms with Gasteiger partial charge in [0.15, 0.2) is 0 Å². The standard InChI is InChI=1S/C18H18Cl2N4O3/c1-5-24-16-9(8-22-18(21-2)23-16)6-10(17(24)25)13-14(19)11(26-3)7-12(27-4)15(13)20/h6-8H,5H2,1-4H3,(H,21,22,23). The minimum absolute atomic E-state index is 0.232. The van der Waals surface area contributed by atoms with Crippen LogP contribution < -0.4 is 20.3 Å². The molecule has 9 heteroatoms. The van der Waals surface area contributed by atoms with Crippen molar-refractivity contribution in [1.29, 1.82) is 0 Å². The molecule has 0 radical (unpaired) electrons. The number of rotatable bonds is 5. The van der Waals surface area contributed by atoms with Crippen molar-refractivity contribution < 1.29 is 9.47 Å². The summed E-state index contributed by atoms with van der Waals surface area (Å²) in [5.74, 6) is 1.14. The maximum atomic E-state index is 13.2. The number of ether oxygens (including phenoxy) is 2. The molecule has 7 nitrogen and oxygen atoms in total. The number of aromatic nitrogens is 3. The molecule has 2 heterocycles. The number of benzene rings is 1. The number of hydrogen-bond donors (Lipinski definition) is 1. The molecule has 1 N–H and O–H groups in total. The van der Waals surface area contributed by atoms with Crippen molar-refractivity contribution in [2.24, 2.45) is 0 Å². The smallest absolute Gasteiger partial charge is 0.260 e. The van der Waals surface area contributed by atoms with Crippen LogP contribution in [0.4, 0.5) is 5.95 Å². The van der Waals surface area contributed by atoms with E-state index in [0.717, 1.165) is 0 Å². The van der Waals surface area contributed by atoms with Crippen molar-refractivity contribution in [3.8, 4) is 22.6 Å². The molecule has 0 aliphatic heterocycles. The van der Waals surface area contributed by atoms with Crippen LogP contribution in [-0.4, -0.2) is 35.8 Å². The molecule has 0 fully saturated rings. The first kappa shape index (κ1) is 19.3. The molecular formula is C18H18Cl2N4O3. The zero-order valence-electron chi connectivity index (χ0n) is 15.3. The third kappa shape index (κ3) is 3.17. The van der Waals surface area contributed by atoms with E-state index in [1.807, 2.05) is 6.92 Å². The highest BCUT2D eigenvalue weighted by molar-refractivity contribution is 6.41. The fourth-order valence-electron chi connectivity index (χ4n) is 2.87. The summed E-state index contributed by atoms with van der Waals surface area (Å²) in [6, 6.07) is 3.26. The summed E-state index contributed by atoms with van der Waals surface area (Å²) in [5.41, 5.74) is 0.913. The zero-order valence-corrected chi connectivity index (χ0v) is 16.8. The molecule has 3 aromatic rings. The summed E-state index contributed by atoms with van der Waals surface area (Å²) in [4.78, 5) is 21.8. The van der Waals surface area contributed by atoms with E-state index in [4.69, 9.17) is 32.7 Å². The second kappa shape index (κ2) is 7.62. The Morgan fingerprint density at radius 1 is 1.15 bits per heavy atom. The molecule has 1 aromatic carbocycles. The molecule has 142 valence electrons. The van der Waals surface area contributed by atoms with Gasteiger partial charge in [0.2, 0.25) is 5.95 Å². The highest BCUT2D eigenvalue weighted by Crippen LogP contribution is 2.45. The lowest BCUT2D eigenvalue weighted by atomic mass is 10.0. The third-order valence-corrected chi connectivity index (χ3v) is 4.96. The average Bonchev–Trinajstić information content (AvgIpc) is 2.68. The second-order valence-electron chi connectivity index (χ2n) is 5.61. The van der Waals surface area contributed by atoms with Gasteiger partial charge in [0, 0.05) is 36.8 Å². The Morgan fingerprint density at radius 3 is 2.30 bits per heavy atom. The molecule has 27 heavy (non-hydrogen) atoms. The van der Waals surface area contributed by atoms with Crippen molar-refractivity contribution in [3.05, 3.63) is 38.7 Å². The number of nitrogens with one attached hydrogen (secondary N) is 1. The Kier molecular flexibility index (Phi) is 5.43. The van der Waals surface area contributed by atoms with Crippen molar-refractivity contribution >= 4 is 40.2 Å². The van der Waals surface area contributed by atoms with Gasteiger partial charge in [-0.1, -0.05) is 23.2 Å². The van der Waals surface area contributed by atoms with Crippen LogP contribution >= 0.6 is 23.2 Å². The molecule has 0 spiro atoms. The summed E-state index contributed by atoms with van der Waals surface area (Å²) < 4.78 is 12.2. The van der Waals surface area contributed by atoms with E-state index >= 15 is 0 Å². The zero-order chi connectivity index (χ0) is 19.7. The molecule has 0 saturated heterocycles. The van der Waals surface area contributed by atoms with Gasteiger partial charge >= 0.3 is 0 Å². The van der Waals surface area contributed by atoms with E-state index < -0.39 is 0 Å². The van der Waals surface area contributed by atoms with E-state index in [-0.39, 0.29) is 15.6 Å². The summed E-state index contributed by atoms with van der Waals surface area (Å²) in [7, 11) is 4.68. The van der Waals surface area contributed by atoms with E-state index in [9.17, 15) is 4.79 Å². The van der Waals surface area contributed by atoms with Crippen LogP contribution in [0.3, 0.4) is 0 Å². The van der Waals surface area contributed by atoms with Crippen LogP contribution in [0.25, 0.3) is 22.2 Å². The average molecular weight is 409 g/mol. The van der Waals surface area contributed by atoms with Crippen LogP contribution in [0, 0.1) is 0 Å². The quantitative estimate of drug-likeness (QED) is 0.690. The van der Waals surface area contributed by atoms with E-state index in [1.165, 1.54) is 14.2 Å². The maximum absolute atomic E-state index is 13.2. The lowest BCUT2D eigenvalue weighted by molar-refractivity contribution is 0.395. The molecule has 3 rings (SSSR count). The predicted octanol–water partition coefficient (Wildman–Crippen LogP) is 3.84. The Labute approximate surface area is 165 Å². The number of pyridine rings is 1. The second-order valence-corrected chi connectivity index (χ2v) is 6.37. The first-order valence-corrected chi connectivity index (χ1v) is 8.91. The van der Waals surface area contributed by atoms with Crippen molar-refractivity contribution in [2.45, 2.75) is 13.5 Å². The van der Waals surface area contributed by atoms with Gasteiger partial charge in [-0.3, -0.25) is 9.36 Å². The Morgan fingerprint density at radius 2 is 1.78 bits per heavy atom. The van der Waals surface area contributed by atoms with Crippen molar-refractivity contribution in [3.63, 3.8) is 0 Å². The molecule has 0 aliphatic carbocycles. The highest BCUT2D eigenvalue weighted by atomic mass is 35.5. The minimum atomic E-state index is -0.273. The molecule has 0 atom stereocenters. The third-order valence-electron chi connectivity index (χ3n) is 4.21. The maximum Gasteiger partial charge on any atom is 0.260 e. The van der Waals surface area contributed by atoms with Gasteiger partial charge in [-0.25, -0.2) is 4.98 Å². The molecular weight excluding hydrogens is 391 g/mol. The lowest BCUT2D eigenvalue weighted by Crippen LogP contribution is -2.22. The number of methoxy groups -OCH3 is 2. The van der Waals surface area contributed by atoms with Crippen LogP contribution in [-0.2, 0) is 6.54 Å². The van der Waals surface area contributed by atoms with E-state index in [0.29, 0.717) is 46.2 Å². The Balaban J connectivity index is 2.43. The summed E-state index contributed by atoms with van der Waals surface area (Å²) in [6.45, 7) is 2.28. The van der Waals surface area contributed by atoms with Gasteiger partial charge in [0.25, 0.3) is 5.56 Å². The van der Waals surface area contributed by atoms with Crippen LogP contribution in [0.1, 0.15) is 6.92 Å². The number of anilines is 1. The number of hydrogen-bond acceptors (Lipinski definition) is 6. The highest BCUT2D eigenvalue weighted by Gasteiger charge is 2.22.